The van der Waals surface area contributed by atoms with Crippen molar-refractivity contribution in [3.8, 4) is 0 Å². The van der Waals surface area contributed by atoms with E-state index in [0.29, 0.717) is 6.04 Å². The summed E-state index contributed by atoms with van der Waals surface area (Å²) in [6.45, 7) is 7.75. The normalized spacial score (nSPS) is 29.3. The lowest BCUT2D eigenvalue weighted by atomic mass is 9.92. The summed E-state index contributed by atoms with van der Waals surface area (Å²) in [6, 6.07) is 1.06. The zero-order valence-electron chi connectivity index (χ0n) is 12.3. The zero-order chi connectivity index (χ0) is 13.9. The summed E-state index contributed by atoms with van der Waals surface area (Å²) in [5.41, 5.74) is 0.278. The molecule has 0 aromatic carbocycles. The van der Waals surface area contributed by atoms with Crippen LogP contribution in [0.2, 0.25) is 0 Å². The molecule has 0 radical (unpaired) electrons. The molecular formula is C15H28N2O2. The van der Waals surface area contributed by atoms with Gasteiger partial charge in [-0.1, -0.05) is 26.7 Å². The Morgan fingerprint density at radius 1 is 1.37 bits per heavy atom. The molecule has 19 heavy (non-hydrogen) atoms. The standard InChI is InChI=1S/C15H28N2O2/c1-15(2)10-16-12(7-8-14(18)19)9-17(11-15)13-5-3-4-6-13/h12-13,16H,3-11H2,1-2H3,(H,18,19). The highest BCUT2D eigenvalue weighted by atomic mass is 16.4. The summed E-state index contributed by atoms with van der Waals surface area (Å²) in [5.74, 6) is -0.683. The van der Waals surface area contributed by atoms with Crippen LogP contribution < -0.4 is 5.32 Å². The number of nitrogens with zero attached hydrogens (tertiary/aromatic N) is 1. The van der Waals surface area contributed by atoms with E-state index in [9.17, 15) is 4.79 Å². The molecule has 1 aliphatic carbocycles. The maximum absolute atomic E-state index is 10.8. The van der Waals surface area contributed by atoms with Crippen molar-refractivity contribution in [1.29, 1.82) is 0 Å². The second-order valence-electron chi connectivity index (χ2n) is 7.04. The molecule has 1 saturated carbocycles. The molecule has 2 aliphatic rings. The highest BCUT2D eigenvalue weighted by molar-refractivity contribution is 5.66. The van der Waals surface area contributed by atoms with Gasteiger partial charge in [-0.2, -0.15) is 0 Å². The third kappa shape index (κ3) is 4.46. The molecular weight excluding hydrogens is 240 g/mol. The van der Waals surface area contributed by atoms with Gasteiger partial charge >= 0.3 is 5.97 Å². The molecule has 2 rings (SSSR count). The van der Waals surface area contributed by atoms with Crippen molar-refractivity contribution in [1.82, 2.24) is 10.2 Å². The Morgan fingerprint density at radius 3 is 2.68 bits per heavy atom. The van der Waals surface area contributed by atoms with Crippen molar-refractivity contribution in [3.05, 3.63) is 0 Å². The molecule has 4 nitrogen and oxygen atoms in total. The molecule has 1 atom stereocenters. The minimum absolute atomic E-state index is 0.274. The topological polar surface area (TPSA) is 52.6 Å². The van der Waals surface area contributed by atoms with E-state index in [-0.39, 0.29) is 11.8 Å². The van der Waals surface area contributed by atoms with E-state index < -0.39 is 5.97 Å². The molecule has 1 heterocycles. The summed E-state index contributed by atoms with van der Waals surface area (Å²) in [4.78, 5) is 13.4. The van der Waals surface area contributed by atoms with Crippen molar-refractivity contribution in [2.75, 3.05) is 19.6 Å². The van der Waals surface area contributed by atoms with Gasteiger partial charge in [-0.3, -0.25) is 9.69 Å². The van der Waals surface area contributed by atoms with Crippen molar-refractivity contribution in [2.45, 2.75) is 64.5 Å². The van der Waals surface area contributed by atoms with Gasteiger partial charge in [-0.15, -0.1) is 0 Å². The van der Waals surface area contributed by atoms with Crippen LogP contribution in [-0.2, 0) is 4.79 Å². The van der Waals surface area contributed by atoms with Crippen LogP contribution in [0.1, 0.15) is 52.4 Å². The van der Waals surface area contributed by atoms with E-state index >= 15 is 0 Å². The summed E-state index contributed by atoms with van der Waals surface area (Å²) in [5, 5.41) is 12.4. The number of carbonyl (C=O) groups is 1. The molecule has 0 bridgehead atoms. The van der Waals surface area contributed by atoms with Gasteiger partial charge in [0.25, 0.3) is 0 Å². The van der Waals surface area contributed by atoms with Crippen molar-refractivity contribution in [3.63, 3.8) is 0 Å². The average Bonchev–Trinajstić information content (AvgIpc) is 2.80. The van der Waals surface area contributed by atoms with Crippen LogP contribution >= 0.6 is 0 Å². The van der Waals surface area contributed by atoms with Crippen LogP contribution in [0.5, 0.6) is 0 Å². The van der Waals surface area contributed by atoms with Gasteiger partial charge in [0.2, 0.25) is 0 Å². The van der Waals surface area contributed by atoms with Gasteiger partial charge in [0, 0.05) is 38.1 Å². The first kappa shape index (κ1) is 14.8. The summed E-state index contributed by atoms with van der Waals surface area (Å²) < 4.78 is 0. The predicted molar refractivity (Wildman–Crippen MR) is 76.3 cm³/mol. The van der Waals surface area contributed by atoms with Crippen LogP contribution in [-0.4, -0.2) is 47.7 Å². The number of carboxylic acids is 1. The Bertz CT molecular complexity index is 311. The van der Waals surface area contributed by atoms with Gasteiger partial charge in [0.1, 0.15) is 0 Å². The Balaban J connectivity index is 1.97. The average molecular weight is 268 g/mol. The molecule has 2 fully saturated rings. The van der Waals surface area contributed by atoms with E-state index in [2.05, 4.69) is 24.1 Å². The third-order valence-electron chi connectivity index (χ3n) is 4.50. The first-order chi connectivity index (χ1) is 8.96. The van der Waals surface area contributed by atoms with Crippen molar-refractivity contribution >= 4 is 5.97 Å². The van der Waals surface area contributed by atoms with E-state index in [1.807, 2.05) is 0 Å². The maximum Gasteiger partial charge on any atom is 0.303 e. The quantitative estimate of drug-likeness (QED) is 0.820. The Morgan fingerprint density at radius 2 is 2.05 bits per heavy atom. The molecule has 1 aliphatic heterocycles. The first-order valence-electron chi connectivity index (χ1n) is 7.65. The Kier molecular flexibility index (Phi) is 4.85. The second-order valence-corrected chi connectivity index (χ2v) is 7.04. The molecule has 0 aromatic heterocycles. The zero-order valence-corrected chi connectivity index (χ0v) is 12.3. The molecule has 1 saturated heterocycles. The van der Waals surface area contributed by atoms with E-state index in [1.54, 1.807) is 0 Å². The van der Waals surface area contributed by atoms with Crippen LogP contribution in [0, 0.1) is 5.41 Å². The van der Waals surface area contributed by atoms with Crippen LogP contribution in [0.15, 0.2) is 0 Å². The summed E-state index contributed by atoms with van der Waals surface area (Å²) >= 11 is 0. The highest BCUT2D eigenvalue weighted by Crippen LogP contribution is 2.29. The molecule has 0 spiro atoms. The predicted octanol–water partition coefficient (Wildman–Crippen LogP) is 2.09. The number of rotatable bonds is 4. The number of carboxylic acid groups (broad SMARTS) is 1. The molecule has 2 N–H and O–H groups in total. The minimum Gasteiger partial charge on any atom is -0.481 e. The number of hydrogen-bond donors (Lipinski definition) is 2. The first-order valence-corrected chi connectivity index (χ1v) is 7.65. The molecule has 0 aromatic rings. The fourth-order valence-electron chi connectivity index (χ4n) is 3.48. The summed E-state index contributed by atoms with van der Waals surface area (Å²) in [6.07, 6.45) is 6.37. The maximum atomic E-state index is 10.8. The van der Waals surface area contributed by atoms with E-state index in [4.69, 9.17) is 5.11 Å². The van der Waals surface area contributed by atoms with Crippen molar-refractivity contribution in [2.24, 2.45) is 5.41 Å². The van der Waals surface area contributed by atoms with Gasteiger partial charge < -0.3 is 10.4 Å². The van der Waals surface area contributed by atoms with E-state index in [1.165, 1.54) is 25.7 Å². The Hall–Kier alpha value is -0.610. The lowest BCUT2D eigenvalue weighted by molar-refractivity contribution is -0.137. The largest absolute Gasteiger partial charge is 0.481 e. The van der Waals surface area contributed by atoms with Crippen molar-refractivity contribution < 1.29 is 9.90 Å². The number of aliphatic carboxylic acids is 1. The molecule has 0 amide bonds. The second kappa shape index (κ2) is 6.23. The lowest BCUT2D eigenvalue weighted by Gasteiger charge is -2.33. The lowest BCUT2D eigenvalue weighted by Crippen LogP contribution is -2.42. The number of nitrogens with one attached hydrogen (secondary N) is 1. The fourth-order valence-corrected chi connectivity index (χ4v) is 3.48. The van der Waals surface area contributed by atoms with Gasteiger partial charge in [0.05, 0.1) is 0 Å². The van der Waals surface area contributed by atoms with Gasteiger partial charge in [0.15, 0.2) is 0 Å². The van der Waals surface area contributed by atoms with Crippen LogP contribution in [0.25, 0.3) is 0 Å². The minimum atomic E-state index is -0.683. The summed E-state index contributed by atoms with van der Waals surface area (Å²) in [7, 11) is 0. The molecule has 1 unspecified atom stereocenters. The number of hydrogen-bond acceptors (Lipinski definition) is 3. The monoisotopic (exact) mass is 268 g/mol. The third-order valence-corrected chi connectivity index (χ3v) is 4.50. The smallest absolute Gasteiger partial charge is 0.303 e. The van der Waals surface area contributed by atoms with E-state index in [0.717, 1.165) is 32.1 Å². The fraction of sp³-hybridized carbons (Fsp3) is 0.933. The highest BCUT2D eigenvalue weighted by Gasteiger charge is 2.33. The Labute approximate surface area is 116 Å². The van der Waals surface area contributed by atoms with Gasteiger partial charge in [-0.25, -0.2) is 0 Å². The molecule has 4 heteroatoms. The molecule has 110 valence electrons. The SMILES string of the molecule is CC1(C)CNC(CCC(=O)O)CN(C2CCCC2)C1. The van der Waals surface area contributed by atoms with Crippen LogP contribution in [0.3, 0.4) is 0 Å². The van der Waals surface area contributed by atoms with Gasteiger partial charge in [-0.05, 0) is 24.7 Å². The van der Waals surface area contributed by atoms with Crippen LogP contribution in [0.4, 0.5) is 0 Å².